The smallest absolute Gasteiger partial charge is 0.327 e. The number of hydrogen-bond donors (Lipinski definition) is 8. The van der Waals surface area contributed by atoms with Crippen LogP contribution in [-0.2, 0) is 30.4 Å². The number of nitrogens with two attached hydrogens (primary N) is 3. The van der Waals surface area contributed by atoms with Crippen LogP contribution in [0.4, 0.5) is 0 Å². The molecule has 1 aromatic rings. The quantitative estimate of drug-likeness (QED) is 0.0918. The maximum absolute atomic E-state index is 13.1. The van der Waals surface area contributed by atoms with Crippen LogP contribution in [-0.4, -0.2) is 71.2 Å². The first-order valence-electron chi connectivity index (χ1n) is 11.1. The minimum Gasteiger partial charge on any atom is -0.480 e. The zero-order chi connectivity index (χ0) is 26.4. The lowest BCUT2D eigenvalue weighted by Crippen LogP contribution is -2.58. The van der Waals surface area contributed by atoms with E-state index < -0.39 is 60.2 Å². The number of benzene rings is 1. The summed E-state index contributed by atoms with van der Waals surface area (Å²) in [6.07, 6.45) is 0.954. The number of hydrogen-bond acceptors (Lipinski definition) is 8. The zero-order valence-corrected chi connectivity index (χ0v) is 20.2. The molecule has 0 spiro atoms. The maximum Gasteiger partial charge on any atom is 0.327 e. The summed E-state index contributed by atoms with van der Waals surface area (Å²) in [5.74, 6) is -4.33. The van der Waals surface area contributed by atoms with Crippen molar-refractivity contribution >= 4 is 42.2 Å². The van der Waals surface area contributed by atoms with Gasteiger partial charge in [-0.2, -0.15) is 12.6 Å². The lowest BCUT2D eigenvalue weighted by atomic mass is 10.0. The molecule has 0 fully saturated rings. The number of amides is 4. The van der Waals surface area contributed by atoms with Gasteiger partial charge in [0.25, 0.3) is 0 Å². The first-order valence-corrected chi connectivity index (χ1v) is 11.7. The Balaban J connectivity index is 3.07. The highest BCUT2D eigenvalue weighted by Gasteiger charge is 2.30. The molecule has 35 heavy (non-hydrogen) atoms. The molecule has 0 heterocycles. The Bertz CT molecular complexity index is 871. The fourth-order valence-corrected chi connectivity index (χ4v) is 3.39. The third-order valence-corrected chi connectivity index (χ3v) is 5.42. The van der Waals surface area contributed by atoms with Crippen LogP contribution in [0.1, 0.15) is 31.2 Å². The molecule has 0 aliphatic rings. The summed E-state index contributed by atoms with van der Waals surface area (Å²) in [7, 11) is 0. The van der Waals surface area contributed by atoms with E-state index in [1.165, 1.54) is 0 Å². The van der Waals surface area contributed by atoms with Crippen molar-refractivity contribution in [3.63, 3.8) is 0 Å². The first kappa shape index (κ1) is 29.9. The second kappa shape index (κ2) is 15.7. The highest BCUT2D eigenvalue weighted by molar-refractivity contribution is 7.80. The van der Waals surface area contributed by atoms with Gasteiger partial charge >= 0.3 is 5.97 Å². The molecule has 194 valence electrons. The summed E-state index contributed by atoms with van der Waals surface area (Å²) in [4.78, 5) is 60.8. The largest absolute Gasteiger partial charge is 0.480 e. The van der Waals surface area contributed by atoms with Crippen LogP contribution in [0.2, 0.25) is 0 Å². The molecule has 0 saturated carbocycles. The maximum atomic E-state index is 13.1. The van der Waals surface area contributed by atoms with Crippen LogP contribution in [0.3, 0.4) is 0 Å². The van der Waals surface area contributed by atoms with Gasteiger partial charge < -0.3 is 38.3 Å². The van der Waals surface area contributed by atoms with Crippen LogP contribution >= 0.6 is 12.6 Å². The summed E-state index contributed by atoms with van der Waals surface area (Å²) in [6, 6.07) is 4.11. The average molecular weight is 511 g/mol. The monoisotopic (exact) mass is 510 g/mol. The van der Waals surface area contributed by atoms with Crippen molar-refractivity contribution in [1.82, 2.24) is 16.0 Å². The van der Waals surface area contributed by atoms with Crippen LogP contribution < -0.4 is 33.2 Å². The Hall–Kier alpha value is -3.16. The molecule has 0 bridgehead atoms. The Morgan fingerprint density at radius 1 is 0.886 bits per heavy atom. The van der Waals surface area contributed by atoms with E-state index in [4.69, 9.17) is 17.2 Å². The highest BCUT2D eigenvalue weighted by atomic mass is 32.1. The van der Waals surface area contributed by atoms with Crippen molar-refractivity contribution in [2.24, 2.45) is 17.2 Å². The summed E-state index contributed by atoms with van der Waals surface area (Å²) < 4.78 is 0. The minimum absolute atomic E-state index is 0.0714. The van der Waals surface area contributed by atoms with E-state index in [2.05, 4.69) is 28.6 Å². The number of unbranched alkanes of at least 4 members (excludes halogenated alkanes) is 1. The fraction of sp³-hybridized carbons (Fsp3) is 0.500. The number of primary amides is 1. The SMILES string of the molecule is NCCCCC(NC(=O)C(N)CC(N)=O)C(=O)NC(Cc1ccccc1)C(=O)NC(CS)C(=O)O. The molecule has 10 N–H and O–H groups in total. The molecule has 12 nitrogen and oxygen atoms in total. The van der Waals surface area contributed by atoms with E-state index in [1.54, 1.807) is 30.3 Å². The minimum atomic E-state index is -1.27. The molecule has 13 heteroatoms. The van der Waals surface area contributed by atoms with Crippen LogP contribution in [0.5, 0.6) is 0 Å². The molecular weight excluding hydrogens is 476 g/mol. The van der Waals surface area contributed by atoms with Gasteiger partial charge in [-0.1, -0.05) is 30.3 Å². The van der Waals surface area contributed by atoms with E-state index in [9.17, 15) is 29.1 Å². The highest BCUT2D eigenvalue weighted by Crippen LogP contribution is 2.07. The number of aliphatic carboxylic acids is 1. The molecule has 0 aromatic heterocycles. The number of thiol groups is 1. The van der Waals surface area contributed by atoms with E-state index in [-0.39, 0.29) is 18.6 Å². The van der Waals surface area contributed by atoms with Crippen LogP contribution in [0.25, 0.3) is 0 Å². The number of carboxylic acids is 1. The van der Waals surface area contributed by atoms with Gasteiger partial charge in [-0.25, -0.2) is 4.79 Å². The third kappa shape index (κ3) is 11.2. The Kier molecular flexibility index (Phi) is 13.4. The number of rotatable bonds is 16. The third-order valence-electron chi connectivity index (χ3n) is 5.05. The van der Waals surface area contributed by atoms with Crippen molar-refractivity contribution in [3.8, 4) is 0 Å². The predicted molar refractivity (Wildman–Crippen MR) is 132 cm³/mol. The van der Waals surface area contributed by atoms with Gasteiger partial charge in [0.05, 0.1) is 12.5 Å². The van der Waals surface area contributed by atoms with Crippen molar-refractivity contribution in [1.29, 1.82) is 0 Å². The first-order chi connectivity index (χ1) is 16.6. The molecule has 4 unspecified atom stereocenters. The summed E-state index contributed by atoms with van der Waals surface area (Å²) >= 11 is 3.94. The molecule has 1 rings (SSSR count). The molecule has 4 atom stereocenters. The Morgan fingerprint density at radius 3 is 2.00 bits per heavy atom. The average Bonchev–Trinajstić information content (AvgIpc) is 2.81. The molecule has 0 saturated heterocycles. The summed E-state index contributed by atoms with van der Waals surface area (Å²) in [6.45, 7) is 0.378. The zero-order valence-electron chi connectivity index (χ0n) is 19.3. The number of nitrogens with one attached hydrogen (secondary N) is 3. The summed E-state index contributed by atoms with van der Waals surface area (Å²) in [5, 5.41) is 16.7. The predicted octanol–water partition coefficient (Wildman–Crippen LogP) is -1.97. The fourth-order valence-electron chi connectivity index (χ4n) is 3.14. The number of carbonyl (C=O) groups is 5. The van der Waals surface area contributed by atoms with Crippen molar-refractivity contribution in [2.75, 3.05) is 12.3 Å². The lowest BCUT2D eigenvalue weighted by Gasteiger charge is -2.25. The number of carboxylic acid groups (broad SMARTS) is 1. The van der Waals surface area contributed by atoms with E-state index in [0.29, 0.717) is 19.4 Å². The normalized spacial score (nSPS) is 14.1. The van der Waals surface area contributed by atoms with Crippen LogP contribution in [0.15, 0.2) is 30.3 Å². The van der Waals surface area contributed by atoms with E-state index >= 15 is 0 Å². The Labute approximate surface area is 209 Å². The van der Waals surface area contributed by atoms with Crippen molar-refractivity contribution in [3.05, 3.63) is 35.9 Å². The standard InChI is InChI=1S/C22H34N6O6S/c23-9-5-4-8-15(26-19(30)14(24)11-18(25)29)20(31)27-16(10-13-6-2-1-3-7-13)21(32)28-17(12-35)22(33)34/h1-3,6-7,14-17,35H,4-5,8-12,23-24H2,(H2,25,29)(H,26,30)(H,27,31)(H,28,32)(H,33,34). The van der Waals surface area contributed by atoms with Gasteiger partial charge in [0.15, 0.2) is 0 Å². The van der Waals surface area contributed by atoms with Gasteiger partial charge in [0, 0.05) is 12.2 Å². The van der Waals surface area contributed by atoms with Crippen LogP contribution in [0, 0.1) is 0 Å². The van der Waals surface area contributed by atoms with Crippen molar-refractivity contribution < 1.29 is 29.1 Å². The topological polar surface area (TPSA) is 220 Å². The number of carbonyl (C=O) groups excluding carboxylic acids is 4. The molecule has 4 amide bonds. The lowest BCUT2D eigenvalue weighted by molar-refractivity contribution is -0.141. The van der Waals surface area contributed by atoms with E-state index in [0.717, 1.165) is 5.56 Å². The van der Waals surface area contributed by atoms with Crippen molar-refractivity contribution in [2.45, 2.75) is 56.3 Å². The Morgan fingerprint density at radius 2 is 1.46 bits per heavy atom. The van der Waals surface area contributed by atoms with E-state index in [1.807, 2.05) is 0 Å². The molecule has 0 aliphatic carbocycles. The second-order valence-corrected chi connectivity index (χ2v) is 8.32. The van der Waals surface area contributed by atoms with Gasteiger partial charge in [-0.05, 0) is 31.4 Å². The molecular formula is C22H34N6O6S. The van der Waals surface area contributed by atoms with Gasteiger partial charge in [0.1, 0.15) is 18.1 Å². The van der Waals surface area contributed by atoms with Gasteiger partial charge in [-0.3, -0.25) is 19.2 Å². The molecule has 0 radical (unpaired) electrons. The molecule has 0 aliphatic heterocycles. The second-order valence-electron chi connectivity index (χ2n) is 7.96. The molecule has 1 aromatic carbocycles. The summed E-state index contributed by atoms with van der Waals surface area (Å²) in [5.41, 5.74) is 17.0. The van der Waals surface area contributed by atoms with Gasteiger partial charge in [-0.15, -0.1) is 0 Å². The van der Waals surface area contributed by atoms with Gasteiger partial charge in [0.2, 0.25) is 23.6 Å².